The summed E-state index contributed by atoms with van der Waals surface area (Å²) in [4.78, 5) is 23.1. The van der Waals surface area contributed by atoms with Crippen LogP contribution in [0.15, 0.2) is 36.7 Å². The monoisotopic (exact) mass is 461 g/mol. The second-order valence-electron chi connectivity index (χ2n) is 7.66. The summed E-state index contributed by atoms with van der Waals surface area (Å²) in [5.41, 5.74) is 1.76. The van der Waals surface area contributed by atoms with Crippen LogP contribution in [0.4, 0.5) is 10.2 Å². The van der Waals surface area contributed by atoms with Crippen LogP contribution in [0.25, 0.3) is 22.0 Å². The molecule has 1 fully saturated rings. The number of methoxy groups -OCH3 is 1. The molecule has 0 aliphatic carbocycles. The Kier molecular flexibility index (Phi) is 6.30. The van der Waals surface area contributed by atoms with Crippen LogP contribution in [-0.4, -0.2) is 35.6 Å². The van der Waals surface area contributed by atoms with E-state index in [2.05, 4.69) is 21.8 Å². The highest BCUT2D eigenvalue weighted by atomic mass is 35.5. The maximum Gasteiger partial charge on any atom is 0.310 e. The molecule has 5 nitrogen and oxygen atoms in total. The maximum atomic E-state index is 14.8. The van der Waals surface area contributed by atoms with Crippen molar-refractivity contribution in [3.05, 3.63) is 52.5 Å². The molecule has 1 aromatic heterocycles. The van der Waals surface area contributed by atoms with Gasteiger partial charge in [0.1, 0.15) is 23.5 Å². The van der Waals surface area contributed by atoms with Crippen molar-refractivity contribution >= 4 is 45.9 Å². The SMILES string of the molecule is CCC1CCC(C(=O)OC)CN1c1ncnc2c(F)ccc(-c3ccc(Cl)c(Cl)c3)c12. The lowest BCUT2D eigenvalue weighted by Gasteiger charge is -2.39. The van der Waals surface area contributed by atoms with Gasteiger partial charge in [-0.15, -0.1) is 0 Å². The molecule has 3 aromatic rings. The van der Waals surface area contributed by atoms with Crippen molar-refractivity contribution in [2.24, 2.45) is 5.92 Å². The van der Waals surface area contributed by atoms with Crippen molar-refractivity contribution in [2.45, 2.75) is 32.2 Å². The molecule has 0 amide bonds. The van der Waals surface area contributed by atoms with Crippen molar-refractivity contribution in [1.29, 1.82) is 0 Å². The Morgan fingerprint density at radius 2 is 2.00 bits per heavy atom. The Bertz CT molecular complexity index is 1140. The van der Waals surface area contributed by atoms with Crippen molar-refractivity contribution in [3.8, 4) is 11.1 Å². The van der Waals surface area contributed by atoms with Crippen molar-refractivity contribution < 1.29 is 13.9 Å². The summed E-state index contributed by atoms with van der Waals surface area (Å²) in [5, 5.41) is 1.44. The maximum absolute atomic E-state index is 14.8. The first-order valence-electron chi connectivity index (χ1n) is 10.2. The van der Waals surface area contributed by atoms with E-state index in [4.69, 9.17) is 27.9 Å². The highest BCUT2D eigenvalue weighted by molar-refractivity contribution is 6.42. The lowest BCUT2D eigenvalue weighted by atomic mass is 9.90. The Labute approximate surface area is 190 Å². The van der Waals surface area contributed by atoms with E-state index in [1.165, 1.54) is 19.5 Å². The fourth-order valence-electron chi connectivity index (χ4n) is 4.32. The molecule has 0 radical (unpaired) electrons. The minimum atomic E-state index is -0.433. The minimum absolute atomic E-state index is 0.170. The fraction of sp³-hybridized carbons (Fsp3) is 0.348. The summed E-state index contributed by atoms with van der Waals surface area (Å²) >= 11 is 12.3. The predicted octanol–water partition coefficient (Wildman–Crippen LogP) is 5.91. The van der Waals surface area contributed by atoms with E-state index in [0.29, 0.717) is 27.8 Å². The molecule has 2 unspecified atom stereocenters. The molecule has 1 aliphatic heterocycles. The zero-order valence-electron chi connectivity index (χ0n) is 17.2. The van der Waals surface area contributed by atoms with Crippen LogP contribution >= 0.6 is 23.2 Å². The first-order valence-corrected chi connectivity index (χ1v) is 10.9. The molecule has 1 aliphatic rings. The standard InChI is InChI=1S/C23H22Cl2FN3O2/c1-3-15-6-4-14(23(30)31-2)11-29(15)22-20-16(13-5-8-17(24)18(25)10-13)7-9-19(26)21(20)27-12-28-22/h5,7-10,12,14-15H,3-4,6,11H2,1-2H3. The minimum Gasteiger partial charge on any atom is -0.469 e. The molecule has 1 saturated heterocycles. The second-order valence-corrected chi connectivity index (χ2v) is 8.47. The van der Waals surface area contributed by atoms with Crippen LogP contribution in [0.3, 0.4) is 0 Å². The molecule has 162 valence electrons. The summed E-state index contributed by atoms with van der Waals surface area (Å²) in [6.07, 6.45) is 3.81. The molecule has 0 N–H and O–H groups in total. The Hall–Kier alpha value is -2.44. The van der Waals surface area contributed by atoms with Gasteiger partial charge in [-0.25, -0.2) is 14.4 Å². The normalized spacial score (nSPS) is 18.9. The summed E-state index contributed by atoms with van der Waals surface area (Å²) in [6.45, 7) is 2.55. The van der Waals surface area contributed by atoms with Crippen LogP contribution in [0.5, 0.6) is 0 Å². The first-order chi connectivity index (χ1) is 14.9. The third-order valence-electron chi connectivity index (χ3n) is 5.93. The predicted molar refractivity (Wildman–Crippen MR) is 121 cm³/mol. The summed E-state index contributed by atoms with van der Waals surface area (Å²) in [6, 6.07) is 8.56. The van der Waals surface area contributed by atoms with E-state index in [1.807, 2.05) is 6.07 Å². The number of aromatic nitrogens is 2. The number of piperidine rings is 1. The van der Waals surface area contributed by atoms with Crippen LogP contribution in [-0.2, 0) is 9.53 Å². The largest absolute Gasteiger partial charge is 0.469 e. The van der Waals surface area contributed by atoms with Gasteiger partial charge in [-0.3, -0.25) is 4.79 Å². The van der Waals surface area contributed by atoms with E-state index in [0.717, 1.165) is 30.4 Å². The molecule has 31 heavy (non-hydrogen) atoms. The third-order valence-corrected chi connectivity index (χ3v) is 6.67. The number of carbonyl (C=O) groups is 1. The average Bonchev–Trinajstić information content (AvgIpc) is 2.80. The summed E-state index contributed by atoms with van der Waals surface area (Å²) in [7, 11) is 1.40. The van der Waals surface area contributed by atoms with Gasteiger partial charge in [0.25, 0.3) is 0 Å². The first kappa shape index (κ1) is 21.8. The quantitative estimate of drug-likeness (QED) is 0.451. The number of anilines is 1. The van der Waals surface area contributed by atoms with Crippen molar-refractivity contribution in [3.63, 3.8) is 0 Å². The van der Waals surface area contributed by atoms with Gasteiger partial charge < -0.3 is 9.64 Å². The highest BCUT2D eigenvalue weighted by Crippen LogP contribution is 2.39. The van der Waals surface area contributed by atoms with Gasteiger partial charge in [0.2, 0.25) is 0 Å². The highest BCUT2D eigenvalue weighted by Gasteiger charge is 2.34. The van der Waals surface area contributed by atoms with E-state index in [-0.39, 0.29) is 23.4 Å². The van der Waals surface area contributed by atoms with Crippen molar-refractivity contribution in [2.75, 3.05) is 18.6 Å². The van der Waals surface area contributed by atoms with Gasteiger partial charge in [0.05, 0.1) is 28.5 Å². The number of hydrogen-bond donors (Lipinski definition) is 0. The van der Waals surface area contributed by atoms with Crippen LogP contribution in [0.1, 0.15) is 26.2 Å². The summed E-state index contributed by atoms with van der Waals surface area (Å²) < 4.78 is 19.8. The van der Waals surface area contributed by atoms with Crippen LogP contribution < -0.4 is 4.90 Å². The molecule has 2 heterocycles. The number of ether oxygens (including phenoxy) is 1. The van der Waals surface area contributed by atoms with Gasteiger partial charge in [-0.05, 0) is 48.6 Å². The van der Waals surface area contributed by atoms with Gasteiger partial charge >= 0.3 is 5.97 Å². The Morgan fingerprint density at radius 3 is 2.71 bits per heavy atom. The van der Waals surface area contributed by atoms with Gasteiger partial charge in [-0.2, -0.15) is 0 Å². The smallest absolute Gasteiger partial charge is 0.310 e. The Balaban J connectivity index is 1.92. The molecule has 2 atom stereocenters. The fourth-order valence-corrected chi connectivity index (χ4v) is 4.61. The topological polar surface area (TPSA) is 55.3 Å². The molecule has 0 saturated carbocycles. The number of benzene rings is 2. The number of rotatable bonds is 4. The molecule has 8 heteroatoms. The van der Waals surface area contributed by atoms with E-state index >= 15 is 0 Å². The number of carbonyl (C=O) groups excluding carboxylic acids is 1. The number of esters is 1. The van der Waals surface area contributed by atoms with E-state index in [9.17, 15) is 9.18 Å². The molecule has 0 bridgehead atoms. The van der Waals surface area contributed by atoms with Gasteiger partial charge in [0, 0.05) is 12.6 Å². The average molecular weight is 462 g/mol. The van der Waals surface area contributed by atoms with Gasteiger partial charge in [-0.1, -0.05) is 42.3 Å². The number of nitrogens with zero attached hydrogens (tertiary/aromatic N) is 3. The molecular formula is C23H22Cl2FN3O2. The molecule has 4 rings (SSSR count). The Morgan fingerprint density at radius 1 is 1.19 bits per heavy atom. The zero-order valence-corrected chi connectivity index (χ0v) is 18.8. The van der Waals surface area contributed by atoms with Gasteiger partial charge in [0.15, 0.2) is 0 Å². The second kappa shape index (κ2) is 8.97. The van der Waals surface area contributed by atoms with Crippen LogP contribution in [0.2, 0.25) is 10.0 Å². The molecular weight excluding hydrogens is 440 g/mol. The van der Waals surface area contributed by atoms with E-state index < -0.39 is 5.82 Å². The molecule has 2 aromatic carbocycles. The van der Waals surface area contributed by atoms with Crippen LogP contribution in [0, 0.1) is 11.7 Å². The number of hydrogen-bond acceptors (Lipinski definition) is 5. The number of fused-ring (bicyclic) bond motifs is 1. The lowest BCUT2D eigenvalue weighted by Crippen LogP contribution is -2.46. The number of halogens is 3. The molecule has 0 spiro atoms. The third kappa shape index (κ3) is 4.06. The van der Waals surface area contributed by atoms with Crippen molar-refractivity contribution in [1.82, 2.24) is 9.97 Å². The zero-order chi connectivity index (χ0) is 22.1. The lowest BCUT2D eigenvalue weighted by molar-refractivity contribution is -0.145. The summed E-state index contributed by atoms with van der Waals surface area (Å²) in [5.74, 6) is -0.336. The van der Waals surface area contributed by atoms with E-state index in [1.54, 1.807) is 18.2 Å².